The minimum atomic E-state index is -0.0917. The van der Waals surface area contributed by atoms with Gasteiger partial charge >= 0.3 is 0 Å². The summed E-state index contributed by atoms with van der Waals surface area (Å²) in [5, 5.41) is 3.01. The van der Waals surface area contributed by atoms with Gasteiger partial charge in [-0.05, 0) is 37.4 Å². The summed E-state index contributed by atoms with van der Waals surface area (Å²) >= 11 is 0. The number of rotatable bonds is 3. The van der Waals surface area contributed by atoms with Crippen LogP contribution in [0.3, 0.4) is 0 Å². The molecule has 2 unspecified atom stereocenters. The molecule has 1 amide bonds. The lowest BCUT2D eigenvalue weighted by atomic mass is 10.0. The number of carbonyl (C=O) groups is 1. The van der Waals surface area contributed by atoms with Crippen molar-refractivity contribution in [1.82, 2.24) is 10.3 Å². The van der Waals surface area contributed by atoms with E-state index in [0.29, 0.717) is 18.2 Å². The molecule has 1 aromatic heterocycles. The molecule has 0 aliphatic heterocycles. The van der Waals surface area contributed by atoms with Gasteiger partial charge in [0, 0.05) is 12.2 Å². The highest BCUT2D eigenvalue weighted by molar-refractivity contribution is 5.92. The lowest BCUT2D eigenvalue weighted by Gasteiger charge is -2.19. The van der Waals surface area contributed by atoms with Crippen LogP contribution in [0.25, 0.3) is 0 Å². The van der Waals surface area contributed by atoms with Crippen LogP contribution in [-0.4, -0.2) is 23.5 Å². The van der Waals surface area contributed by atoms with Crippen molar-refractivity contribution in [2.75, 3.05) is 6.54 Å². The maximum atomic E-state index is 11.8. The van der Waals surface area contributed by atoms with Gasteiger partial charge in [0.2, 0.25) is 0 Å². The number of nitrogens with one attached hydrogen (secondary N) is 1. The lowest BCUT2D eigenvalue weighted by molar-refractivity contribution is 0.0923. The first kappa shape index (κ1) is 17.2. The van der Waals surface area contributed by atoms with Crippen molar-refractivity contribution in [3.63, 3.8) is 0 Å². The number of amides is 1. The first-order valence-corrected chi connectivity index (χ1v) is 5.73. The summed E-state index contributed by atoms with van der Waals surface area (Å²) in [6.07, 6.45) is 4.92. The van der Waals surface area contributed by atoms with Crippen LogP contribution in [-0.2, 0) is 0 Å². The first-order valence-electron chi connectivity index (χ1n) is 5.73. The van der Waals surface area contributed by atoms with Crippen LogP contribution in [0.4, 0.5) is 0 Å². The Kier molecular flexibility index (Phi) is 7.91. The van der Waals surface area contributed by atoms with Crippen molar-refractivity contribution in [3.05, 3.63) is 30.1 Å². The maximum absolute atomic E-state index is 11.8. The summed E-state index contributed by atoms with van der Waals surface area (Å²) in [6, 6.07) is 5.56. The van der Waals surface area contributed by atoms with Gasteiger partial charge in [0.1, 0.15) is 5.69 Å². The molecular formula is C12H19Cl2N3O. The Morgan fingerprint density at radius 1 is 1.39 bits per heavy atom. The van der Waals surface area contributed by atoms with Crippen LogP contribution in [0.1, 0.15) is 29.8 Å². The summed E-state index contributed by atoms with van der Waals surface area (Å²) in [5.74, 6) is 0.332. The van der Waals surface area contributed by atoms with Gasteiger partial charge in [0.05, 0.1) is 0 Å². The molecule has 3 N–H and O–H groups in total. The number of hydrogen-bond acceptors (Lipinski definition) is 3. The number of pyridine rings is 1. The Morgan fingerprint density at radius 2 is 2.17 bits per heavy atom. The maximum Gasteiger partial charge on any atom is 0.270 e. The van der Waals surface area contributed by atoms with Crippen molar-refractivity contribution < 1.29 is 4.79 Å². The van der Waals surface area contributed by atoms with Gasteiger partial charge in [-0.3, -0.25) is 9.78 Å². The van der Waals surface area contributed by atoms with Gasteiger partial charge in [0.25, 0.3) is 5.91 Å². The Hall–Kier alpha value is -0.840. The van der Waals surface area contributed by atoms with Crippen molar-refractivity contribution in [2.45, 2.75) is 25.3 Å². The quantitative estimate of drug-likeness (QED) is 0.892. The van der Waals surface area contributed by atoms with Crippen molar-refractivity contribution >= 4 is 30.7 Å². The highest BCUT2D eigenvalue weighted by atomic mass is 35.5. The molecule has 1 heterocycles. The highest BCUT2D eigenvalue weighted by Crippen LogP contribution is 2.24. The minimum absolute atomic E-state index is 0. The standard InChI is InChI=1S/C12H17N3O.2ClH/c13-8-9-4-3-6-10(9)15-12(16)11-5-1-2-7-14-11;;/h1-2,5,7,9-10H,3-4,6,8,13H2,(H,15,16);2*1H. The number of halogens is 2. The molecule has 0 spiro atoms. The molecule has 1 fully saturated rings. The molecule has 2 rings (SSSR count). The largest absolute Gasteiger partial charge is 0.348 e. The van der Waals surface area contributed by atoms with Gasteiger partial charge in [-0.1, -0.05) is 12.5 Å². The van der Waals surface area contributed by atoms with E-state index in [-0.39, 0.29) is 36.8 Å². The molecule has 102 valence electrons. The summed E-state index contributed by atoms with van der Waals surface area (Å²) in [4.78, 5) is 15.9. The predicted octanol–water partition coefficient (Wildman–Crippen LogP) is 1.78. The SMILES string of the molecule is Cl.Cl.NCC1CCCC1NC(=O)c1ccccn1. The van der Waals surface area contributed by atoms with Crippen molar-refractivity contribution in [2.24, 2.45) is 11.7 Å². The Morgan fingerprint density at radius 3 is 2.78 bits per heavy atom. The third-order valence-electron chi connectivity index (χ3n) is 3.18. The van der Waals surface area contributed by atoms with Gasteiger partial charge in [0.15, 0.2) is 0 Å². The number of nitrogens with zero attached hydrogens (tertiary/aromatic N) is 1. The lowest BCUT2D eigenvalue weighted by Crippen LogP contribution is -2.40. The molecule has 0 saturated heterocycles. The van der Waals surface area contributed by atoms with Crippen molar-refractivity contribution in [1.29, 1.82) is 0 Å². The van der Waals surface area contributed by atoms with E-state index in [9.17, 15) is 4.79 Å². The summed E-state index contributed by atoms with van der Waals surface area (Å²) in [6.45, 7) is 0.646. The Balaban J connectivity index is 0.00000144. The van der Waals surface area contributed by atoms with Crippen LogP contribution < -0.4 is 11.1 Å². The molecule has 1 saturated carbocycles. The summed E-state index contributed by atoms with van der Waals surface area (Å²) in [7, 11) is 0. The van der Waals surface area contributed by atoms with Crippen LogP contribution in [0.2, 0.25) is 0 Å². The van der Waals surface area contributed by atoms with Gasteiger partial charge in [-0.25, -0.2) is 0 Å². The number of aromatic nitrogens is 1. The summed E-state index contributed by atoms with van der Waals surface area (Å²) < 4.78 is 0. The van der Waals surface area contributed by atoms with Crippen LogP contribution in [0.5, 0.6) is 0 Å². The highest BCUT2D eigenvalue weighted by Gasteiger charge is 2.27. The Bertz CT molecular complexity index is 362. The van der Waals surface area contributed by atoms with E-state index in [1.54, 1.807) is 18.3 Å². The molecule has 0 aromatic carbocycles. The topological polar surface area (TPSA) is 68.0 Å². The predicted molar refractivity (Wildman–Crippen MR) is 76.4 cm³/mol. The third-order valence-corrected chi connectivity index (χ3v) is 3.18. The molecule has 6 heteroatoms. The van der Waals surface area contributed by atoms with Gasteiger partial charge in [-0.2, -0.15) is 0 Å². The molecule has 18 heavy (non-hydrogen) atoms. The fourth-order valence-corrected chi connectivity index (χ4v) is 2.25. The zero-order valence-electron chi connectivity index (χ0n) is 10.0. The van der Waals surface area contributed by atoms with E-state index in [0.717, 1.165) is 19.3 Å². The first-order chi connectivity index (χ1) is 7.81. The van der Waals surface area contributed by atoms with E-state index in [1.807, 2.05) is 6.07 Å². The molecule has 1 aromatic rings. The van der Waals surface area contributed by atoms with E-state index in [1.165, 1.54) is 0 Å². The van der Waals surface area contributed by atoms with Crippen LogP contribution in [0.15, 0.2) is 24.4 Å². The second-order valence-electron chi connectivity index (χ2n) is 4.22. The average Bonchev–Trinajstić information content (AvgIpc) is 2.77. The number of hydrogen-bond donors (Lipinski definition) is 2. The number of nitrogens with two attached hydrogens (primary N) is 1. The molecule has 2 atom stereocenters. The van der Waals surface area contributed by atoms with Gasteiger partial charge in [-0.15, -0.1) is 24.8 Å². The van der Waals surface area contributed by atoms with E-state index >= 15 is 0 Å². The zero-order chi connectivity index (χ0) is 11.4. The van der Waals surface area contributed by atoms with Crippen LogP contribution >= 0.6 is 24.8 Å². The molecule has 0 bridgehead atoms. The third kappa shape index (κ3) is 4.12. The second-order valence-corrected chi connectivity index (χ2v) is 4.22. The molecule has 1 aliphatic carbocycles. The molecular weight excluding hydrogens is 273 g/mol. The van der Waals surface area contributed by atoms with Gasteiger partial charge < -0.3 is 11.1 Å². The van der Waals surface area contributed by atoms with Crippen LogP contribution in [0, 0.1) is 5.92 Å². The monoisotopic (exact) mass is 291 g/mol. The minimum Gasteiger partial charge on any atom is -0.348 e. The summed E-state index contributed by atoms with van der Waals surface area (Å²) in [5.41, 5.74) is 6.15. The average molecular weight is 292 g/mol. The smallest absolute Gasteiger partial charge is 0.270 e. The van der Waals surface area contributed by atoms with E-state index in [4.69, 9.17) is 5.73 Å². The molecule has 0 radical (unpaired) electrons. The van der Waals surface area contributed by atoms with E-state index in [2.05, 4.69) is 10.3 Å². The van der Waals surface area contributed by atoms with Crippen molar-refractivity contribution in [3.8, 4) is 0 Å². The molecule has 4 nitrogen and oxygen atoms in total. The number of carbonyl (C=O) groups excluding carboxylic acids is 1. The van der Waals surface area contributed by atoms with E-state index < -0.39 is 0 Å². The second kappa shape index (κ2) is 8.29. The normalized spacial score (nSPS) is 21.6. The fraction of sp³-hybridized carbons (Fsp3) is 0.500. The zero-order valence-corrected chi connectivity index (χ0v) is 11.7. The Labute approximate surface area is 120 Å². The fourth-order valence-electron chi connectivity index (χ4n) is 2.25. The molecule has 1 aliphatic rings.